The lowest BCUT2D eigenvalue weighted by Crippen LogP contribution is -2.42. The molecule has 0 bridgehead atoms. The van der Waals surface area contributed by atoms with Crippen molar-refractivity contribution in [2.75, 3.05) is 24.6 Å². The highest BCUT2D eigenvalue weighted by Crippen LogP contribution is 2.30. The number of nitrogens with zero attached hydrogens (tertiary/aromatic N) is 2. The molecule has 4 aromatic carbocycles. The van der Waals surface area contributed by atoms with E-state index in [9.17, 15) is 14.4 Å². The minimum absolute atomic E-state index is 0.147. The van der Waals surface area contributed by atoms with Crippen molar-refractivity contribution in [1.29, 1.82) is 0 Å². The molecular formula is C30H26N2O4. The van der Waals surface area contributed by atoms with Gasteiger partial charge in [-0.15, -0.1) is 0 Å². The first kappa shape index (κ1) is 23.3. The molecule has 6 nitrogen and oxygen atoms in total. The summed E-state index contributed by atoms with van der Waals surface area (Å²) in [6, 6.07) is 27.4. The van der Waals surface area contributed by atoms with Crippen LogP contribution in [0.1, 0.15) is 44.4 Å². The molecule has 36 heavy (non-hydrogen) atoms. The Balaban J connectivity index is 1.37. The van der Waals surface area contributed by atoms with Gasteiger partial charge in [-0.2, -0.15) is 0 Å². The molecule has 0 spiro atoms. The van der Waals surface area contributed by atoms with Crippen molar-refractivity contribution < 1.29 is 19.1 Å². The van der Waals surface area contributed by atoms with Gasteiger partial charge in [-0.1, -0.05) is 42.5 Å². The molecule has 0 saturated carbocycles. The highest BCUT2D eigenvalue weighted by molar-refractivity contribution is 6.25. The molecule has 1 aliphatic heterocycles. The summed E-state index contributed by atoms with van der Waals surface area (Å²) in [5.41, 5.74) is 2.36. The van der Waals surface area contributed by atoms with Crippen molar-refractivity contribution >= 4 is 34.2 Å². The molecule has 0 aromatic heterocycles. The topological polar surface area (TPSA) is 66.9 Å². The zero-order chi connectivity index (χ0) is 25.1. The number of imide groups is 1. The van der Waals surface area contributed by atoms with Gasteiger partial charge in [-0.05, 0) is 67.3 Å². The van der Waals surface area contributed by atoms with E-state index in [1.54, 1.807) is 29.2 Å². The smallest absolute Gasteiger partial charge is 0.261 e. The second-order valence-corrected chi connectivity index (χ2v) is 8.57. The molecule has 0 radical (unpaired) electrons. The van der Waals surface area contributed by atoms with E-state index in [4.69, 9.17) is 4.74 Å². The fourth-order valence-electron chi connectivity index (χ4n) is 4.64. The summed E-state index contributed by atoms with van der Waals surface area (Å²) in [6.07, 6.45) is 0.432. The average molecular weight is 479 g/mol. The van der Waals surface area contributed by atoms with Gasteiger partial charge in [-0.3, -0.25) is 19.3 Å². The SMILES string of the molecule is CCOc1ccc(N(CCCN2C(=O)c3cccc4cccc(c34)C2=O)C(=O)c2ccccc2)cc1. The average Bonchev–Trinajstić information content (AvgIpc) is 2.92. The lowest BCUT2D eigenvalue weighted by molar-refractivity contribution is 0.0610. The normalized spacial score (nSPS) is 12.6. The Bertz CT molecular complexity index is 1380. The Hall–Kier alpha value is -4.45. The molecule has 0 saturated heterocycles. The van der Waals surface area contributed by atoms with Gasteiger partial charge in [0.05, 0.1) is 6.61 Å². The lowest BCUT2D eigenvalue weighted by atomic mass is 9.94. The van der Waals surface area contributed by atoms with E-state index in [1.807, 2.05) is 73.7 Å². The van der Waals surface area contributed by atoms with Gasteiger partial charge in [-0.25, -0.2) is 0 Å². The molecule has 0 N–H and O–H groups in total. The molecule has 1 aliphatic rings. The van der Waals surface area contributed by atoms with Crippen molar-refractivity contribution in [2.45, 2.75) is 13.3 Å². The highest BCUT2D eigenvalue weighted by atomic mass is 16.5. The van der Waals surface area contributed by atoms with E-state index in [0.29, 0.717) is 41.6 Å². The largest absolute Gasteiger partial charge is 0.494 e. The molecule has 0 aliphatic carbocycles. The minimum atomic E-state index is -0.300. The third-order valence-electron chi connectivity index (χ3n) is 6.34. The summed E-state index contributed by atoms with van der Waals surface area (Å²) in [5, 5.41) is 1.59. The Labute approximate surface area is 209 Å². The Morgan fingerprint density at radius 1 is 0.806 bits per heavy atom. The van der Waals surface area contributed by atoms with Crippen LogP contribution in [0.5, 0.6) is 5.75 Å². The summed E-state index contributed by atoms with van der Waals surface area (Å²) in [4.78, 5) is 42.8. The van der Waals surface area contributed by atoms with Crippen LogP contribution in [0.2, 0.25) is 0 Å². The summed E-state index contributed by atoms with van der Waals surface area (Å²) >= 11 is 0. The van der Waals surface area contributed by atoms with Gasteiger partial charge in [0.1, 0.15) is 5.75 Å². The number of hydrogen-bond donors (Lipinski definition) is 0. The first-order valence-electron chi connectivity index (χ1n) is 12.1. The van der Waals surface area contributed by atoms with Crippen LogP contribution in [0.3, 0.4) is 0 Å². The van der Waals surface area contributed by atoms with Crippen LogP contribution in [0.4, 0.5) is 5.69 Å². The first-order valence-corrected chi connectivity index (χ1v) is 12.1. The predicted octanol–water partition coefficient (Wildman–Crippen LogP) is 5.57. The fraction of sp³-hybridized carbons (Fsp3) is 0.167. The quantitative estimate of drug-likeness (QED) is 0.311. The van der Waals surface area contributed by atoms with Crippen LogP contribution in [0.25, 0.3) is 10.8 Å². The van der Waals surface area contributed by atoms with Crippen LogP contribution in [-0.2, 0) is 0 Å². The lowest BCUT2D eigenvalue weighted by Gasteiger charge is -2.29. The molecule has 3 amide bonds. The maximum Gasteiger partial charge on any atom is 0.261 e. The molecule has 0 unspecified atom stereocenters. The Kier molecular flexibility index (Phi) is 6.50. The number of carbonyl (C=O) groups is 3. The molecule has 6 heteroatoms. The monoisotopic (exact) mass is 478 g/mol. The molecule has 0 fully saturated rings. The summed E-state index contributed by atoms with van der Waals surface area (Å²) in [5.74, 6) is -0.0190. The van der Waals surface area contributed by atoms with Gasteiger partial charge >= 0.3 is 0 Å². The van der Waals surface area contributed by atoms with Gasteiger partial charge in [0.25, 0.3) is 17.7 Å². The van der Waals surface area contributed by atoms with Gasteiger partial charge in [0.15, 0.2) is 0 Å². The van der Waals surface area contributed by atoms with E-state index < -0.39 is 0 Å². The van der Waals surface area contributed by atoms with Crippen molar-refractivity contribution in [2.24, 2.45) is 0 Å². The number of amides is 3. The Morgan fingerprint density at radius 3 is 2.06 bits per heavy atom. The molecule has 1 heterocycles. The molecule has 0 atom stereocenters. The second kappa shape index (κ2) is 10.0. The summed E-state index contributed by atoms with van der Waals surface area (Å²) in [6.45, 7) is 3.02. The van der Waals surface area contributed by atoms with Crippen molar-refractivity contribution in [1.82, 2.24) is 4.90 Å². The van der Waals surface area contributed by atoms with Crippen molar-refractivity contribution in [3.63, 3.8) is 0 Å². The number of benzene rings is 4. The molecule has 4 aromatic rings. The third-order valence-corrected chi connectivity index (χ3v) is 6.34. The van der Waals surface area contributed by atoms with Gasteiger partial charge in [0.2, 0.25) is 0 Å². The standard InChI is InChI=1S/C30H26N2O4/c1-2-36-24-17-15-23(16-18-24)31(28(33)22-9-4-3-5-10-22)19-8-20-32-29(34)25-13-6-11-21-12-7-14-26(27(21)25)30(32)35/h3-7,9-18H,2,8,19-20H2,1H3. The zero-order valence-corrected chi connectivity index (χ0v) is 20.0. The van der Waals surface area contributed by atoms with E-state index in [-0.39, 0.29) is 24.3 Å². The fourth-order valence-corrected chi connectivity index (χ4v) is 4.64. The molecule has 5 rings (SSSR count). The van der Waals surface area contributed by atoms with E-state index in [2.05, 4.69) is 0 Å². The van der Waals surface area contributed by atoms with Crippen LogP contribution in [0, 0.1) is 0 Å². The van der Waals surface area contributed by atoms with Crippen LogP contribution in [-0.4, -0.2) is 42.3 Å². The number of hydrogen-bond acceptors (Lipinski definition) is 4. The zero-order valence-electron chi connectivity index (χ0n) is 20.0. The number of anilines is 1. The summed E-state index contributed by atoms with van der Waals surface area (Å²) < 4.78 is 5.54. The van der Waals surface area contributed by atoms with E-state index in [1.165, 1.54) is 4.90 Å². The third kappa shape index (κ3) is 4.33. The van der Waals surface area contributed by atoms with Crippen LogP contribution < -0.4 is 9.64 Å². The van der Waals surface area contributed by atoms with Crippen molar-refractivity contribution in [3.05, 3.63) is 108 Å². The second-order valence-electron chi connectivity index (χ2n) is 8.57. The molecular weight excluding hydrogens is 452 g/mol. The summed E-state index contributed by atoms with van der Waals surface area (Å²) in [7, 11) is 0. The minimum Gasteiger partial charge on any atom is -0.494 e. The van der Waals surface area contributed by atoms with E-state index >= 15 is 0 Å². The first-order chi connectivity index (χ1) is 17.6. The van der Waals surface area contributed by atoms with E-state index in [0.717, 1.165) is 16.8 Å². The maximum atomic E-state index is 13.4. The van der Waals surface area contributed by atoms with Crippen LogP contribution in [0.15, 0.2) is 91.0 Å². The number of carbonyl (C=O) groups excluding carboxylic acids is 3. The highest BCUT2D eigenvalue weighted by Gasteiger charge is 2.32. The van der Waals surface area contributed by atoms with Crippen LogP contribution >= 0.6 is 0 Å². The van der Waals surface area contributed by atoms with Gasteiger partial charge in [0, 0.05) is 40.9 Å². The Morgan fingerprint density at radius 2 is 1.44 bits per heavy atom. The van der Waals surface area contributed by atoms with Crippen molar-refractivity contribution in [3.8, 4) is 5.75 Å². The number of ether oxygens (including phenoxy) is 1. The molecule has 180 valence electrons. The van der Waals surface area contributed by atoms with Gasteiger partial charge < -0.3 is 9.64 Å². The maximum absolute atomic E-state index is 13.4. The predicted molar refractivity (Wildman–Crippen MR) is 140 cm³/mol. The number of rotatable bonds is 8.